The van der Waals surface area contributed by atoms with Crippen LogP contribution in [0.15, 0.2) is 36.9 Å². The van der Waals surface area contributed by atoms with Gasteiger partial charge < -0.3 is 0 Å². The summed E-state index contributed by atoms with van der Waals surface area (Å²) in [6, 6.07) is 10.5. The molecule has 0 radical (unpaired) electrons. The Balaban J connectivity index is 2.15. The first-order valence-corrected chi connectivity index (χ1v) is 5.74. The van der Waals surface area contributed by atoms with Crippen LogP contribution in [0.2, 0.25) is 0 Å². The van der Waals surface area contributed by atoms with Crippen LogP contribution in [-0.4, -0.2) is 33.3 Å². The van der Waals surface area contributed by atoms with Gasteiger partial charge in [0.15, 0.2) is 0 Å². The summed E-state index contributed by atoms with van der Waals surface area (Å²) in [5.74, 6) is 0. The third-order valence-corrected chi connectivity index (χ3v) is 3.04. The van der Waals surface area contributed by atoms with Crippen molar-refractivity contribution in [1.82, 2.24) is 19.7 Å². The van der Waals surface area contributed by atoms with Crippen molar-refractivity contribution in [2.24, 2.45) is 0 Å². The molecule has 0 bridgehead atoms. The average molecular weight is 241 g/mol. The molecule has 0 aliphatic carbocycles. The quantitative estimate of drug-likeness (QED) is 0.766. The molecule has 0 spiro atoms. The lowest BCUT2D eigenvalue weighted by Crippen LogP contribution is -2.22. The molecule has 1 unspecified atom stereocenters. The van der Waals surface area contributed by atoms with Crippen LogP contribution in [-0.2, 0) is 0 Å². The Morgan fingerprint density at radius 3 is 2.67 bits per heavy atom. The number of nitriles is 1. The molecule has 0 amide bonds. The molecule has 5 nitrogen and oxygen atoms in total. The smallest absolute Gasteiger partial charge is 0.138 e. The maximum atomic E-state index is 8.69. The zero-order valence-corrected chi connectivity index (χ0v) is 10.5. The van der Waals surface area contributed by atoms with Gasteiger partial charge in [0.1, 0.15) is 12.7 Å². The molecule has 1 atom stereocenters. The van der Waals surface area contributed by atoms with Crippen LogP contribution >= 0.6 is 0 Å². The predicted molar refractivity (Wildman–Crippen MR) is 68.0 cm³/mol. The molecular weight excluding hydrogens is 226 g/mol. The molecule has 1 heterocycles. The molecule has 0 aliphatic heterocycles. The second-order valence-electron chi connectivity index (χ2n) is 4.18. The van der Waals surface area contributed by atoms with E-state index in [1.54, 1.807) is 11.0 Å². The molecule has 0 saturated heterocycles. The normalized spacial score (nSPS) is 12.3. The lowest BCUT2D eigenvalue weighted by molar-refractivity contribution is 0.293. The molecule has 0 fully saturated rings. The summed E-state index contributed by atoms with van der Waals surface area (Å²) in [6.07, 6.45) is 3.18. The Bertz CT molecular complexity index is 524. The SMILES string of the molecule is CC(c1ccc(-n2cncn2)cc1)N(C)CC#N. The molecule has 2 rings (SSSR count). The van der Waals surface area contributed by atoms with Crippen molar-refractivity contribution < 1.29 is 0 Å². The van der Waals surface area contributed by atoms with Crippen LogP contribution in [0.3, 0.4) is 0 Å². The fourth-order valence-electron chi connectivity index (χ4n) is 1.75. The average Bonchev–Trinajstić information content (AvgIpc) is 2.92. The first kappa shape index (κ1) is 12.3. The number of aromatic nitrogens is 3. The van der Waals surface area contributed by atoms with Gasteiger partial charge in [0.25, 0.3) is 0 Å². The van der Waals surface area contributed by atoms with Gasteiger partial charge in [0.2, 0.25) is 0 Å². The van der Waals surface area contributed by atoms with E-state index in [-0.39, 0.29) is 6.04 Å². The van der Waals surface area contributed by atoms with E-state index in [1.165, 1.54) is 11.9 Å². The zero-order chi connectivity index (χ0) is 13.0. The van der Waals surface area contributed by atoms with Gasteiger partial charge in [-0.1, -0.05) is 12.1 Å². The number of rotatable bonds is 4. The summed E-state index contributed by atoms with van der Waals surface area (Å²) in [4.78, 5) is 5.92. The Labute approximate surface area is 106 Å². The second kappa shape index (κ2) is 5.43. The number of hydrogen-bond acceptors (Lipinski definition) is 4. The maximum Gasteiger partial charge on any atom is 0.138 e. The van der Waals surface area contributed by atoms with Crippen molar-refractivity contribution in [2.75, 3.05) is 13.6 Å². The Hall–Kier alpha value is -2.19. The van der Waals surface area contributed by atoms with E-state index in [0.717, 1.165) is 5.69 Å². The van der Waals surface area contributed by atoms with E-state index in [9.17, 15) is 0 Å². The monoisotopic (exact) mass is 241 g/mol. The molecular formula is C13H15N5. The van der Waals surface area contributed by atoms with Crippen molar-refractivity contribution >= 4 is 0 Å². The molecule has 1 aromatic carbocycles. The fourth-order valence-corrected chi connectivity index (χ4v) is 1.75. The largest absolute Gasteiger partial charge is 0.287 e. The maximum absolute atomic E-state index is 8.69. The first-order chi connectivity index (χ1) is 8.72. The van der Waals surface area contributed by atoms with Crippen LogP contribution in [0.25, 0.3) is 5.69 Å². The van der Waals surface area contributed by atoms with Gasteiger partial charge >= 0.3 is 0 Å². The number of benzene rings is 1. The topological polar surface area (TPSA) is 57.7 Å². The lowest BCUT2D eigenvalue weighted by atomic mass is 10.1. The van der Waals surface area contributed by atoms with E-state index in [4.69, 9.17) is 5.26 Å². The second-order valence-corrected chi connectivity index (χ2v) is 4.18. The summed E-state index contributed by atoms with van der Waals surface area (Å²) in [5.41, 5.74) is 2.16. The minimum Gasteiger partial charge on any atom is -0.287 e. The van der Waals surface area contributed by atoms with Gasteiger partial charge in [-0.3, -0.25) is 4.90 Å². The van der Waals surface area contributed by atoms with E-state index in [2.05, 4.69) is 35.2 Å². The van der Waals surface area contributed by atoms with Crippen LogP contribution in [0, 0.1) is 11.3 Å². The fraction of sp³-hybridized carbons (Fsp3) is 0.308. The Morgan fingerprint density at radius 1 is 1.39 bits per heavy atom. The van der Waals surface area contributed by atoms with Crippen LogP contribution in [0.4, 0.5) is 0 Å². The van der Waals surface area contributed by atoms with Gasteiger partial charge in [-0.05, 0) is 31.7 Å². The van der Waals surface area contributed by atoms with E-state index < -0.39 is 0 Å². The van der Waals surface area contributed by atoms with Crippen LogP contribution < -0.4 is 0 Å². The highest BCUT2D eigenvalue weighted by atomic mass is 15.3. The van der Waals surface area contributed by atoms with Gasteiger partial charge in [-0.2, -0.15) is 10.4 Å². The highest BCUT2D eigenvalue weighted by Crippen LogP contribution is 2.19. The molecule has 92 valence electrons. The molecule has 0 aliphatic rings. The van der Waals surface area contributed by atoms with Gasteiger partial charge in [0.05, 0.1) is 18.3 Å². The highest BCUT2D eigenvalue weighted by molar-refractivity contribution is 5.34. The van der Waals surface area contributed by atoms with Gasteiger partial charge in [0, 0.05) is 6.04 Å². The minimum atomic E-state index is 0.217. The van der Waals surface area contributed by atoms with Crippen molar-refractivity contribution in [1.29, 1.82) is 5.26 Å². The van der Waals surface area contributed by atoms with E-state index in [0.29, 0.717) is 6.54 Å². The van der Waals surface area contributed by atoms with Gasteiger partial charge in [-0.15, -0.1) is 0 Å². The molecule has 18 heavy (non-hydrogen) atoms. The Kier molecular flexibility index (Phi) is 3.70. The van der Waals surface area contributed by atoms with Gasteiger partial charge in [-0.25, -0.2) is 9.67 Å². The molecule has 0 saturated carbocycles. The van der Waals surface area contributed by atoms with Crippen LogP contribution in [0.1, 0.15) is 18.5 Å². The standard InChI is InChI=1S/C13H15N5/c1-11(17(2)8-7-14)12-3-5-13(6-4-12)18-10-15-9-16-18/h3-6,9-11H,8H2,1-2H3. The Morgan fingerprint density at radius 2 is 2.11 bits per heavy atom. The summed E-state index contributed by atoms with van der Waals surface area (Å²) in [5, 5.41) is 12.8. The van der Waals surface area contributed by atoms with E-state index in [1.807, 2.05) is 24.1 Å². The van der Waals surface area contributed by atoms with Crippen molar-refractivity contribution in [3.05, 3.63) is 42.5 Å². The zero-order valence-electron chi connectivity index (χ0n) is 10.5. The van der Waals surface area contributed by atoms with Crippen molar-refractivity contribution in [3.8, 4) is 11.8 Å². The minimum absolute atomic E-state index is 0.217. The molecule has 0 N–H and O–H groups in total. The summed E-state index contributed by atoms with van der Waals surface area (Å²) >= 11 is 0. The lowest BCUT2D eigenvalue weighted by Gasteiger charge is -2.22. The highest BCUT2D eigenvalue weighted by Gasteiger charge is 2.10. The predicted octanol–water partition coefficient (Wildman–Crippen LogP) is 1.78. The molecule has 1 aromatic heterocycles. The third kappa shape index (κ3) is 2.55. The van der Waals surface area contributed by atoms with E-state index >= 15 is 0 Å². The molecule has 5 heteroatoms. The van der Waals surface area contributed by atoms with Crippen molar-refractivity contribution in [3.63, 3.8) is 0 Å². The number of nitrogens with zero attached hydrogens (tertiary/aromatic N) is 5. The van der Waals surface area contributed by atoms with Crippen LogP contribution in [0.5, 0.6) is 0 Å². The summed E-state index contributed by atoms with van der Waals surface area (Å²) in [7, 11) is 1.94. The summed E-state index contributed by atoms with van der Waals surface area (Å²) in [6.45, 7) is 2.51. The third-order valence-electron chi connectivity index (χ3n) is 3.04. The number of hydrogen-bond donors (Lipinski definition) is 0. The summed E-state index contributed by atoms with van der Waals surface area (Å²) < 4.78 is 1.72. The molecule has 2 aromatic rings. The van der Waals surface area contributed by atoms with Crippen molar-refractivity contribution in [2.45, 2.75) is 13.0 Å². The first-order valence-electron chi connectivity index (χ1n) is 5.74.